The number of rotatable bonds is 4. The number of carbonyl (C=O) groups excluding carboxylic acids is 1. The Morgan fingerprint density at radius 1 is 1.36 bits per heavy atom. The number of aryl methyl sites for hydroxylation is 1. The van der Waals surface area contributed by atoms with E-state index < -0.39 is 12.8 Å². The standard InChI is InChI=1S/C19H18ClF3N2O3/c1-11-5-6-15(27-2)16-13(11)4-3-7-25(16)18(26)12-8-14(20)17(24-9-12)28-10-19(21,22)23/h5-6,8-9H,3-4,7,10H2,1-2H3. The number of aromatic nitrogens is 1. The van der Waals surface area contributed by atoms with Crippen LogP contribution in [0.3, 0.4) is 0 Å². The summed E-state index contributed by atoms with van der Waals surface area (Å²) in [7, 11) is 1.54. The van der Waals surface area contributed by atoms with Gasteiger partial charge < -0.3 is 14.4 Å². The van der Waals surface area contributed by atoms with Crippen molar-refractivity contribution in [2.45, 2.75) is 25.9 Å². The molecule has 2 heterocycles. The number of hydrogen-bond acceptors (Lipinski definition) is 4. The summed E-state index contributed by atoms with van der Waals surface area (Å²) < 4.78 is 46.9. The summed E-state index contributed by atoms with van der Waals surface area (Å²) in [6.07, 6.45) is -1.74. The number of methoxy groups -OCH3 is 1. The number of amides is 1. The lowest BCUT2D eigenvalue weighted by atomic mass is 9.95. The molecule has 0 aliphatic carbocycles. The van der Waals surface area contributed by atoms with Gasteiger partial charge in [0.15, 0.2) is 6.61 Å². The topological polar surface area (TPSA) is 51.7 Å². The number of hydrogen-bond donors (Lipinski definition) is 0. The van der Waals surface area contributed by atoms with Gasteiger partial charge in [-0.15, -0.1) is 0 Å². The second-order valence-corrected chi connectivity index (χ2v) is 6.79. The van der Waals surface area contributed by atoms with Gasteiger partial charge in [-0.3, -0.25) is 4.79 Å². The molecule has 1 aliphatic heterocycles. The molecule has 5 nitrogen and oxygen atoms in total. The molecule has 0 saturated heterocycles. The van der Waals surface area contributed by atoms with E-state index in [0.717, 1.165) is 30.2 Å². The summed E-state index contributed by atoms with van der Waals surface area (Å²) in [5, 5.41) is -0.163. The van der Waals surface area contributed by atoms with Crippen molar-refractivity contribution in [3.05, 3.63) is 46.1 Å². The highest BCUT2D eigenvalue weighted by atomic mass is 35.5. The van der Waals surface area contributed by atoms with Crippen LogP contribution in [0.2, 0.25) is 5.02 Å². The van der Waals surface area contributed by atoms with E-state index in [9.17, 15) is 18.0 Å². The third-order valence-corrected chi connectivity index (χ3v) is 4.72. The molecule has 0 saturated carbocycles. The average Bonchev–Trinajstić information content (AvgIpc) is 2.66. The van der Waals surface area contributed by atoms with Crippen molar-refractivity contribution < 1.29 is 27.4 Å². The molecule has 9 heteroatoms. The third kappa shape index (κ3) is 4.16. The van der Waals surface area contributed by atoms with Gasteiger partial charge in [0, 0.05) is 12.7 Å². The molecule has 0 unspecified atom stereocenters. The Morgan fingerprint density at radius 2 is 2.11 bits per heavy atom. The van der Waals surface area contributed by atoms with Crippen LogP contribution in [-0.4, -0.2) is 37.3 Å². The molecule has 150 valence electrons. The van der Waals surface area contributed by atoms with Gasteiger partial charge >= 0.3 is 6.18 Å². The minimum Gasteiger partial charge on any atom is -0.495 e. The zero-order valence-electron chi connectivity index (χ0n) is 15.3. The first kappa shape index (κ1) is 20.3. The summed E-state index contributed by atoms with van der Waals surface area (Å²) >= 11 is 5.97. The van der Waals surface area contributed by atoms with Crippen LogP contribution in [0.4, 0.5) is 18.9 Å². The number of alkyl halides is 3. The van der Waals surface area contributed by atoms with Crippen LogP contribution < -0.4 is 14.4 Å². The summed E-state index contributed by atoms with van der Waals surface area (Å²) in [4.78, 5) is 18.4. The SMILES string of the molecule is COc1ccc(C)c2c1N(C(=O)c1cnc(OCC(F)(F)F)c(Cl)c1)CCC2. The number of benzene rings is 1. The number of pyridine rings is 1. The summed E-state index contributed by atoms with van der Waals surface area (Å²) in [5.41, 5.74) is 2.94. The molecule has 0 spiro atoms. The predicted octanol–water partition coefficient (Wildman–Crippen LogP) is 4.59. The maximum atomic E-state index is 13.1. The van der Waals surface area contributed by atoms with Gasteiger partial charge in [-0.2, -0.15) is 13.2 Å². The van der Waals surface area contributed by atoms with Crippen LogP contribution >= 0.6 is 11.6 Å². The summed E-state index contributed by atoms with van der Waals surface area (Å²) in [6.45, 7) is 0.941. The van der Waals surface area contributed by atoms with Gasteiger partial charge in [0.25, 0.3) is 5.91 Å². The molecule has 1 aromatic heterocycles. The Morgan fingerprint density at radius 3 is 2.75 bits per heavy atom. The minimum absolute atomic E-state index is 0.153. The molecule has 0 fully saturated rings. The molecule has 1 amide bonds. The van der Waals surface area contributed by atoms with E-state index in [1.165, 1.54) is 13.2 Å². The van der Waals surface area contributed by atoms with Crippen LogP contribution in [0.1, 0.15) is 27.9 Å². The normalized spacial score (nSPS) is 13.9. The highest BCUT2D eigenvalue weighted by Gasteiger charge is 2.30. The molecule has 0 radical (unpaired) electrons. The molecular weight excluding hydrogens is 397 g/mol. The van der Waals surface area contributed by atoms with Crippen LogP contribution in [0, 0.1) is 6.92 Å². The quantitative estimate of drug-likeness (QED) is 0.734. The Labute approximate surface area is 165 Å². The van der Waals surface area contributed by atoms with Gasteiger partial charge in [-0.05, 0) is 43.0 Å². The van der Waals surface area contributed by atoms with Crippen molar-refractivity contribution in [2.24, 2.45) is 0 Å². The molecule has 2 aromatic rings. The van der Waals surface area contributed by atoms with E-state index in [1.54, 1.807) is 11.0 Å². The highest BCUT2D eigenvalue weighted by Crippen LogP contribution is 2.39. The van der Waals surface area contributed by atoms with E-state index in [1.807, 2.05) is 13.0 Å². The lowest BCUT2D eigenvalue weighted by Gasteiger charge is -2.32. The van der Waals surface area contributed by atoms with Crippen molar-refractivity contribution in [3.8, 4) is 11.6 Å². The Balaban J connectivity index is 1.90. The van der Waals surface area contributed by atoms with Gasteiger partial charge in [0.2, 0.25) is 5.88 Å². The van der Waals surface area contributed by atoms with E-state index in [-0.39, 0.29) is 22.4 Å². The number of halogens is 4. The Kier molecular flexibility index (Phi) is 5.69. The van der Waals surface area contributed by atoms with Crippen LogP contribution in [0.5, 0.6) is 11.6 Å². The van der Waals surface area contributed by atoms with Gasteiger partial charge in [0.1, 0.15) is 10.8 Å². The van der Waals surface area contributed by atoms with Crippen LogP contribution in [0.25, 0.3) is 0 Å². The first-order valence-electron chi connectivity index (χ1n) is 8.54. The summed E-state index contributed by atoms with van der Waals surface area (Å²) in [6, 6.07) is 5.01. The third-order valence-electron chi connectivity index (χ3n) is 4.45. The maximum Gasteiger partial charge on any atom is 0.422 e. The van der Waals surface area contributed by atoms with Crippen molar-refractivity contribution >= 4 is 23.2 Å². The number of anilines is 1. The smallest absolute Gasteiger partial charge is 0.422 e. The second-order valence-electron chi connectivity index (χ2n) is 6.39. The van der Waals surface area contributed by atoms with E-state index in [4.69, 9.17) is 16.3 Å². The van der Waals surface area contributed by atoms with Gasteiger partial charge in [-0.25, -0.2) is 4.98 Å². The lowest BCUT2D eigenvalue weighted by molar-refractivity contribution is -0.154. The Hall–Kier alpha value is -2.48. The monoisotopic (exact) mass is 414 g/mol. The van der Waals surface area contributed by atoms with Gasteiger partial charge in [0.05, 0.1) is 18.4 Å². The van der Waals surface area contributed by atoms with Crippen LogP contribution in [0.15, 0.2) is 24.4 Å². The number of nitrogens with zero attached hydrogens (tertiary/aromatic N) is 2. The molecule has 0 bridgehead atoms. The number of fused-ring (bicyclic) bond motifs is 1. The first-order chi connectivity index (χ1) is 13.2. The largest absolute Gasteiger partial charge is 0.495 e. The minimum atomic E-state index is -4.51. The van der Waals surface area contributed by atoms with Crippen molar-refractivity contribution in [3.63, 3.8) is 0 Å². The van der Waals surface area contributed by atoms with Crippen molar-refractivity contribution in [2.75, 3.05) is 25.2 Å². The predicted molar refractivity (Wildman–Crippen MR) is 98.5 cm³/mol. The van der Waals surface area contributed by atoms with Gasteiger partial charge in [-0.1, -0.05) is 17.7 Å². The molecule has 1 aliphatic rings. The van der Waals surface area contributed by atoms with E-state index >= 15 is 0 Å². The van der Waals surface area contributed by atoms with Crippen molar-refractivity contribution in [1.29, 1.82) is 0 Å². The zero-order valence-corrected chi connectivity index (χ0v) is 16.0. The highest BCUT2D eigenvalue weighted by molar-refractivity contribution is 6.32. The number of ether oxygens (including phenoxy) is 2. The van der Waals surface area contributed by atoms with Crippen molar-refractivity contribution in [1.82, 2.24) is 4.98 Å². The molecule has 3 rings (SSSR count). The second kappa shape index (κ2) is 7.87. The van der Waals surface area contributed by atoms with E-state index in [0.29, 0.717) is 18.0 Å². The molecular formula is C19H18ClF3N2O3. The molecule has 0 N–H and O–H groups in total. The fourth-order valence-corrected chi connectivity index (χ4v) is 3.40. The van der Waals surface area contributed by atoms with E-state index in [2.05, 4.69) is 9.72 Å². The number of carbonyl (C=O) groups is 1. The fraction of sp³-hybridized carbons (Fsp3) is 0.368. The summed E-state index contributed by atoms with van der Waals surface area (Å²) in [5.74, 6) is -0.150. The zero-order chi connectivity index (χ0) is 20.5. The first-order valence-corrected chi connectivity index (χ1v) is 8.92. The maximum absolute atomic E-state index is 13.1. The fourth-order valence-electron chi connectivity index (χ4n) is 3.18. The molecule has 0 atom stereocenters. The lowest BCUT2D eigenvalue weighted by Crippen LogP contribution is -2.36. The Bertz CT molecular complexity index is 903. The molecule has 28 heavy (non-hydrogen) atoms. The average molecular weight is 415 g/mol. The molecule has 1 aromatic carbocycles. The van der Waals surface area contributed by atoms with Crippen LogP contribution in [-0.2, 0) is 6.42 Å².